The number of ether oxygens (including phenoxy) is 1. The van der Waals surface area contributed by atoms with Gasteiger partial charge in [-0.1, -0.05) is 13.8 Å². The summed E-state index contributed by atoms with van der Waals surface area (Å²) in [4.78, 5) is 12.3. The molecule has 0 radical (unpaired) electrons. The molecule has 1 heterocycles. The zero-order valence-electron chi connectivity index (χ0n) is 11.6. The SMILES string of the molecule is CCCNc1nc(Cl)nc(NCCCOCCC)n1. The van der Waals surface area contributed by atoms with Crippen molar-refractivity contribution in [3.05, 3.63) is 5.28 Å². The van der Waals surface area contributed by atoms with Crippen molar-refractivity contribution in [2.45, 2.75) is 33.1 Å². The summed E-state index contributed by atoms with van der Waals surface area (Å²) in [6, 6.07) is 0. The van der Waals surface area contributed by atoms with Crippen LogP contribution in [0.1, 0.15) is 33.1 Å². The van der Waals surface area contributed by atoms with Gasteiger partial charge in [0.15, 0.2) is 0 Å². The van der Waals surface area contributed by atoms with E-state index in [1.807, 2.05) is 0 Å². The first-order valence-electron chi connectivity index (χ1n) is 6.73. The lowest BCUT2D eigenvalue weighted by molar-refractivity contribution is 0.134. The fourth-order valence-corrected chi connectivity index (χ4v) is 1.53. The molecule has 1 aromatic rings. The Morgan fingerprint density at radius 2 is 1.63 bits per heavy atom. The predicted molar refractivity (Wildman–Crippen MR) is 77.8 cm³/mol. The van der Waals surface area contributed by atoms with Gasteiger partial charge in [-0.15, -0.1) is 0 Å². The van der Waals surface area contributed by atoms with E-state index in [0.29, 0.717) is 11.9 Å². The number of nitrogens with one attached hydrogen (secondary N) is 2. The molecule has 2 N–H and O–H groups in total. The first kappa shape index (κ1) is 15.9. The number of anilines is 2. The number of hydrogen-bond donors (Lipinski definition) is 2. The number of halogens is 1. The summed E-state index contributed by atoms with van der Waals surface area (Å²) in [5.74, 6) is 1.00. The maximum Gasteiger partial charge on any atom is 0.228 e. The number of nitrogens with zero attached hydrogens (tertiary/aromatic N) is 3. The first-order valence-corrected chi connectivity index (χ1v) is 7.11. The minimum absolute atomic E-state index is 0.193. The molecule has 0 spiro atoms. The third-order valence-electron chi connectivity index (χ3n) is 2.24. The molecule has 0 aliphatic carbocycles. The minimum Gasteiger partial charge on any atom is -0.381 e. The Morgan fingerprint density at radius 1 is 0.947 bits per heavy atom. The molecule has 0 unspecified atom stereocenters. The molecule has 0 amide bonds. The lowest BCUT2D eigenvalue weighted by Crippen LogP contribution is -2.12. The van der Waals surface area contributed by atoms with Crippen molar-refractivity contribution in [2.24, 2.45) is 0 Å². The second-order valence-corrected chi connectivity index (χ2v) is 4.41. The van der Waals surface area contributed by atoms with Crippen molar-refractivity contribution in [3.63, 3.8) is 0 Å². The number of aromatic nitrogens is 3. The van der Waals surface area contributed by atoms with Gasteiger partial charge in [-0.25, -0.2) is 0 Å². The molecular formula is C12H22ClN5O. The molecule has 1 aromatic heterocycles. The van der Waals surface area contributed by atoms with Gasteiger partial charge in [0.2, 0.25) is 17.2 Å². The van der Waals surface area contributed by atoms with Crippen molar-refractivity contribution in [1.29, 1.82) is 0 Å². The van der Waals surface area contributed by atoms with E-state index in [9.17, 15) is 0 Å². The fourth-order valence-electron chi connectivity index (χ4n) is 1.37. The van der Waals surface area contributed by atoms with Crippen LogP contribution in [0.5, 0.6) is 0 Å². The zero-order valence-corrected chi connectivity index (χ0v) is 12.3. The largest absolute Gasteiger partial charge is 0.381 e. The predicted octanol–water partition coefficient (Wildman–Crippen LogP) is 2.58. The van der Waals surface area contributed by atoms with Crippen LogP contribution >= 0.6 is 11.6 Å². The van der Waals surface area contributed by atoms with Crippen LogP contribution in [0.15, 0.2) is 0 Å². The Balaban J connectivity index is 2.34. The molecule has 1 rings (SSSR count). The topological polar surface area (TPSA) is 72.0 Å². The van der Waals surface area contributed by atoms with Crippen LogP contribution in [0, 0.1) is 0 Å². The van der Waals surface area contributed by atoms with Crippen molar-refractivity contribution in [3.8, 4) is 0 Å². The minimum atomic E-state index is 0.193. The van der Waals surface area contributed by atoms with E-state index >= 15 is 0 Å². The second kappa shape index (κ2) is 9.75. The highest BCUT2D eigenvalue weighted by Crippen LogP contribution is 2.09. The van der Waals surface area contributed by atoms with Crippen molar-refractivity contribution < 1.29 is 4.74 Å². The maximum absolute atomic E-state index is 5.84. The van der Waals surface area contributed by atoms with Crippen LogP contribution in [-0.4, -0.2) is 41.3 Å². The fraction of sp³-hybridized carbons (Fsp3) is 0.750. The third kappa shape index (κ3) is 7.12. The molecule has 7 heteroatoms. The molecule has 19 heavy (non-hydrogen) atoms. The van der Waals surface area contributed by atoms with Gasteiger partial charge in [-0.05, 0) is 30.9 Å². The molecule has 0 aromatic carbocycles. The van der Waals surface area contributed by atoms with Gasteiger partial charge in [0, 0.05) is 26.3 Å². The van der Waals surface area contributed by atoms with E-state index in [2.05, 4.69) is 39.4 Å². The van der Waals surface area contributed by atoms with E-state index in [1.165, 1.54) is 0 Å². The van der Waals surface area contributed by atoms with Crippen LogP contribution in [0.2, 0.25) is 5.28 Å². The normalized spacial score (nSPS) is 10.5. The summed E-state index contributed by atoms with van der Waals surface area (Å²) in [5, 5.41) is 6.39. The van der Waals surface area contributed by atoms with Gasteiger partial charge >= 0.3 is 0 Å². The first-order chi connectivity index (χ1) is 9.26. The van der Waals surface area contributed by atoms with Crippen LogP contribution < -0.4 is 10.6 Å². The quantitative estimate of drug-likeness (QED) is 0.645. The second-order valence-electron chi connectivity index (χ2n) is 4.07. The van der Waals surface area contributed by atoms with Crippen molar-refractivity contribution >= 4 is 23.5 Å². The molecule has 0 aliphatic heterocycles. The average molecular weight is 288 g/mol. The van der Waals surface area contributed by atoms with Crippen LogP contribution in [-0.2, 0) is 4.74 Å². The molecule has 108 valence electrons. The summed E-state index contributed by atoms with van der Waals surface area (Å²) in [6.07, 6.45) is 2.95. The Morgan fingerprint density at radius 3 is 2.26 bits per heavy atom. The Bertz CT molecular complexity index is 364. The Labute approximate surface area is 119 Å². The van der Waals surface area contributed by atoms with Gasteiger partial charge in [-0.3, -0.25) is 0 Å². The van der Waals surface area contributed by atoms with Crippen molar-refractivity contribution in [2.75, 3.05) is 36.9 Å². The van der Waals surface area contributed by atoms with E-state index in [0.717, 1.165) is 45.6 Å². The standard InChI is InChI=1S/C12H22ClN5O/c1-3-6-14-11-16-10(13)17-12(18-11)15-7-5-9-19-8-4-2/h3-9H2,1-2H3,(H2,14,15,16,17,18). The number of hydrogen-bond acceptors (Lipinski definition) is 6. The van der Waals surface area contributed by atoms with Gasteiger partial charge in [0.25, 0.3) is 0 Å². The van der Waals surface area contributed by atoms with Crippen LogP contribution in [0.3, 0.4) is 0 Å². The van der Waals surface area contributed by atoms with E-state index in [1.54, 1.807) is 0 Å². The molecule has 0 saturated heterocycles. The van der Waals surface area contributed by atoms with Crippen LogP contribution in [0.4, 0.5) is 11.9 Å². The summed E-state index contributed by atoms with van der Waals surface area (Å²) in [6.45, 7) is 7.27. The zero-order chi connectivity index (χ0) is 13.9. The lowest BCUT2D eigenvalue weighted by Gasteiger charge is -2.08. The summed E-state index contributed by atoms with van der Waals surface area (Å²) in [7, 11) is 0. The molecule has 0 aliphatic rings. The molecule has 6 nitrogen and oxygen atoms in total. The monoisotopic (exact) mass is 287 g/mol. The Hall–Kier alpha value is -1.14. The van der Waals surface area contributed by atoms with Gasteiger partial charge in [-0.2, -0.15) is 15.0 Å². The molecule has 0 atom stereocenters. The molecule has 0 bridgehead atoms. The van der Waals surface area contributed by atoms with Crippen molar-refractivity contribution in [1.82, 2.24) is 15.0 Å². The van der Waals surface area contributed by atoms with Gasteiger partial charge in [0.1, 0.15) is 0 Å². The highest BCUT2D eigenvalue weighted by atomic mass is 35.5. The number of rotatable bonds is 10. The molecule has 0 fully saturated rings. The van der Waals surface area contributed by atoms with E-state index < -0.39 is 0 Å². The maximum atomic E-state index is 5.84. The average Bonchev–Trinajstić information content (AvgIpc) is 2.40. The van der Waals surface area contributed by atoms with E-state index in [-0.39, 0.29) is 5.28 Å². The summed E-state index contributed by atoms with van der Waals surface area (Å²) < 4.78 is 5.39. The lowest BCUT2D eigenvalue weighted by atomic mass is 10.4. The van der Waals surface area contributed by atoms with Gasteiger partial charge in [0.05, 0.1) is 0 Å². The Kier molecular flexibility index (Phi) is 8.16. The highest BCUT2D eigenvalue weighted by molar-refractivity contribution is 6.28. The smallest absolute Gasteiger partial charge is 0.228 e. The summed E-state index contributed by atoms with van der Waals surface area (Å²) >= 11 is 5.84. The highest BCUT2D eigenvalue weighted by Gasteiger charge is 2.03. The third-order valence-corrected chi connectivity index (χ3v) is 2.41. The molecule has 0 saturated carbocycles. The summed E-state index contributed by atoms with van der Waals surface area (Å²) in [5.41, 5.74) is 0. The van der Waals surface area contributed by atoms with Crippen LogP contribution in [0.25, 0.3) is 0 Å². The molecular weight excluding hydrogens is 266 g/mol. The van der Waals surface area contributed by atoms with E-state index in [4.69, 9.17) is 16.3 Å². The van der Waals surface area contributed by atoms with Gasteiger partial charge < -0.3 is 15.4 Å².